The molecule has 2 N–H and O–H groups in total. The molecule has 2 rings (SSSR count). The van der Waals surface area contributed by atoms with Gasteiger partial charge in [-0.3, -0.25) is 4.99 Å². The lowest BCUT2D eigenvalue weighted by molar-refractivity contribution is 0.392. The first kappa shape index (κ1) is 18.6. The lowest BCUT2D eigenvalue weighted by Gasteiger charge is -2.19. The Morgan fingerprint density at radius 1 is 1.33 bits per heavy atom. The highest BCUT2D eigenvalue weighted by Gasteiger charge is 2.13. The van der Waals surface area contributed by atoms with E-state index in [4.69, 9.17) is 27.7 Å². The quantitative estimate of drug-likeness (QED) is 0.616. The predicted octanol–water partition coefficient (Wildman–Crippen LogP) is 4.07. The minimum Gasteiger partial charge on any atom is -0.361 e. The molecule has 0 aliphatic rings. The zero-order valence-electron chi connectivity index (χ0n) is 14.3. The number of benzene rings is 1. The fourth-order valence-corrected chi connectivity index (χ4v) is 3.07. The second-order valence-corrected chi connectivity index (χ2v) is 6.43. The van der Waals surface area contributed by atoms with Gasteiger partial charge in [-0.15, -0.1) is 0 Å². The van der Waals surface area contributed by atoms with Crippen LogP contribution in [0.1, 0.15) is 35.5 Å². The van der Waals surface area contributed by atoms with Gasteiger partial charge in [0.2, 0.25) is 0 Å². The Balaban J connectivity index is 1.92. The van der Waals surface area contributed by atoms with Gasteiger partial charge < -0.3 is 15.2 Å². The third-order valence-electron chi connectivity index (χ3n) is 3.85. The molecule has 2 aromatic rings. The van der Waals surface area contributed by atoms with Gasteiger partial charge in [0, 0.05) is 29.2 Å². The first-order valence-corrected chi connectivity index (χ1v) is 8.51. The number of guanidine groups is 1. The van der Waals surface area contributed by atoms with Crippen LogP contribution in [0.15, 0.2) is 27.7 Å². The third-order valence-corrected chi connectivity index (χ3v) is 4.42. The Kier molecular flexibility index (Phi) is 6.52. The third kappa shape index (κ3) is 4.65. The number of aryl methyl sites for hydroxylation is 2. The van der Waals surface area contributed by atoms with Crippen molar-refractivity contribution < 1.29 is 4.52 Å². The van der Waals surface area contributed by atoms with E-state index in [1.54, 1.807) is 13.1 Å². The minimum atomic E-state index is 0.0000286. The molecule has 1 aromatic heterocycles. The Morgan fingerprint density at radius 3 is 2.67 bits per heavy atom. The molecule has 24 heavy (non-hydrogen) atoms. The van der Waals surface area contributed by atoms with Crippen LogP contribution in [0.2, 0.25) is 10.0 Å². The van der Waals surface area contributed by atoms with Crippen LogP contribution in [-0.2, 0) is 6.42 Å². The zero-order valence-corrected chi connectivity index (χ0v) is 15.8. The topological polar surface area (TPSA) is 62.5 Å². The van der Waals surface area contributed by atoms with Crippen LogP contribution in [0.3, 0.4) is 0 Å². The van der Waals surface area contributed by atoms with Gasteiger partial charge in [-0.25, -0.2) is 0 Å². The van der Waals surface area contributed by atoms with Crippen molar-refractivity contribution in [3.05, 3.63) is 50.8 Å². The number of hydrogen-bond donors (Lipinski definition) is 2. The van der Waals surface area contributed by atoms with Crippen molar-refractivity contribution >= 4 is 29.2 Å². The smallest absolute Gasteiger partial charge is 0.191 e. The van der Waals surface area contributed by atoms with Crippen LogP contribution in [-0.4, -0.2) is 24.7 Å². The maximum atomic E-state index is 6.26. The van der Waals surface area contributed by atoms with E-state index in [-0.39, 0.29) is 6.04 Å². The van der Waals surface area contributed by atoms with Crippen LogP contribution in [0.25, 0.3) is 0 Å². The van der Waals surface area contributed by atoms with Crippen LogP contribution in [0.4, 0.5) is 0 Å². The molecule has 1 unspecified atom stereocenters. The fraction of sp³-hybridized carbons (Fsp3) is 0.412. The van der Waals surface area contributed by atoms with Crippen molar-refractivity contribution in [2.45, 2.75) is 33.2 Å². The minimum absolute atomic E-state index is 0.0000286. The number of aromatic nitrogens is 1. The van der Waals surface area contributed by atoms with Crippen molar-refractivity contribution in [2.75, 3.05) is 13.6 Å². The number of halogens is 2. The van der Waals surface area contributed by atoms with E-state index in [2.05, 4.69) is 20.8 Å². The zero-order chi connectivity index (χ0) is 17.7. The normalized spacial score (nSPS) is 13.0. The maximum absolute atomic E-state index is 6.26. The summed E-state index contributed by atoms with van der Waals surface area (Å²) < 4.78 is 5.18. The van der Waals surface area contributed by atoms with E-state index >= 15 is 0 Å². The van der Waals surface area contributed by atoms with E-state index in [9.17, 15) is 0 Å². The molecule has 1 atom stereocenters. The highest BCUT2D eigenvalue weighted by atomic mass is 35.5. The Labute approximate surface area is 152 Å². The molecule has 0 saturated heterocycles. The van der Waals surface area contributed by atoms with Crippen molar-refractivity contribution in [3.63, 3.8) is 0 Å². The summed E-state index contributed by atoms with van der Waals surface area (Å²) in [6.45, 7) is 6.62. The van der Waals surface area contributed by atoms with E-state index < -0.39 is 0 Å². The SMILES string of the molecule is CN=C(NCCc1c(C)noc1C)NC(C)c1ccc(Cl)cc1Cl. The van der Waals surface area contributed by atoms with Gasteiger partial charge in [-0.1, -0.05) is 34.4 Å². The number of nitrogens with one attached hydrogen (secondary N) is 2. The number of aliphatic imine (C=N–C) groups is 1. The van der Waals surface area contributed by atoms with Crippen LogP contribution < -0.4 is 10.6 Å². The molecule has 0 saturated carbocycles. The lowest BCUT2D eigenvalue weighted by Crippen LogP contribution is -2.39. The molecule has 7 heteroatoms. The molecule has 5 nitrogen and oxygen atoms in total. The molecule has 0 radical (unpaired) electrons. The Hall–Kier alpha value is -1.72. The summed E-state index contributed by atoms with van der Waals surface area (Å²) in [5, 5.41) is 11.8. The van der Waals surface area contributed by atoms with E-state index in [1.165, 1.54) is 0 Å². The highest BCUT2D eigenvalue weighted by Crippen LogP contribution is 2.25. The van der Waals surface area contributed by atoms with Gasteiger partial charge in [0.15, 0.2) is 5.96 Å². The molecular weight excluding hydrogens is 347 g/mol. The largest absolute Gasteiger partial charge is 0.361 e. The van der Waals surface area contributed by atoms with Crippen molar-refractivity contribution in [1.29, 1.82) is 0 Å². The maximum Gasteiger partial charge on any atom is 0.191 e. The van der Waals surface area contributed by atoms with E-state index in [0.717, 1.165) is 35.5 Å². The van der Waals surface area contributed by atoms with Gasteiger partial charge in [-0.05, 0) is 44.9 Å². The fourth-order valence-electron chi connectivity index (χ4n) is 2.49. The summed E-state index contributed by atoms with van der Waals surface area (Å²) in [6.07, 6.45) is 0.817. The van der Waals surface area contributed by atoms with Crippen molar-refractivity contribution in [3.8, 4) is 0 Å². The molecule has 0 spiro atoms. The summed E-state index contributed by atoms with van der Waals surface area (Å²) in [5.74, 6) is 1.57. The van der Waals surface area contributed by atoms with Gasteiger partial charge in [0.25, 0.3) is 0 Å². The molecule has 1 heterocycles. The summed E-state index contributed by atoms with van der Waals surface area (Å²) in [4.78, 5) is 4.25. The van der Waals surface area contributed by atoms with Crippen molar-refractivity contribution in [2.24, 2.45) is 4.99 Å². The number of nitrogens with zero attached hydrogens (tertiary/aromatic N) is 2. The van der Waals surface area contributed by atoms with Crippen LogP contribution in [0, 0.1) is 13.8 Å². The standard InChI is InChI=1S/C17H22Cl2N4O/c1-10(15-6-5-13(18)9-16(15)19)22-17(20-4)21-8-7-14-11(2)23-24-12(14)3/h5-6,9-10H,7-8H2,1-4H3,(H2,20,21,22). The second kappa shape index (κ2) is 8.40. The highest BCUT2D eigenvalue weighted by molar-refractivity contribution is 6.35. The van der Waals surface area contributed by atoms with E-state index in [0.29, 0.717) is 16.0 Å². The molecule has 0 fully saturated rings. The van der Waals surface area contributed by atoms with Crippen LogP contribution in [0.5, 0.6) is 0 Å². The van der Waals surface area contributed by atoms with Gasteiger partial charge in [0.05, 0.1) is 11.7 Å². The summed E-state index contributed by atoms with van der Waals surface area (Å²) in [5.41, 5.74) is 3.03. The lowest BCUT2D eigenvalue weighted by atomic mass is 10.1. The monoisotopic (exact) mass is 368 g/mol. The van der Waals surface area contributed by atoms with Gasteiger partial charge in [-0.2, -0.15) is 0 Å². The summed E-state index contributed by atoms with van der Waals surface area (Å²) in [7, 11) is 1.74. The molecule has 0 aliphatic heterocycles. The van der Waals surface area contributed by atoms with Crippen LogP contribution >= 0.6 is 23.2 Å². The Bertz CT molecular complexity index is 708. The average Bonchev–Trinajstić information content (AvgIpc) is 2.85. The van der Waals surface area contributed by atoms with E-state index in [1.807, 2.05) is 32.9 Å². The average molecular weight is 369 g/mol. The summed E-state index contributed by atoms with van der Waals surface area (Å²) in [6, 6.07) is 5.48. The predicted molar refractivity (Wildman–Crippen MR) is 99.1 cm³/mol. The molecule has 0 amide bonds. The number of hydrogen-bond acceptors (Lipinski definition) is 3. The second-order valence-electron chi connectivity index (χ2n) is 5.58. The Morgan fingerprint density at radius 2 is 2.08 bits per heavy atom. The molecule has 130 valence electrons. The molecular formula is C17H22Cl2N4O. The molecule has 0 aliphatic carbocycles. The first-order valence-electron chi connectivity index (χ1n) is 7.76. The van der Waals surface area contributed by atoms with Gasteiger partial charge in [0.1, 0.15) is 5.76 Å². The molecule has 0 bridgehead atoms. The molecule has 1 aromatic carbocycles. The van der Waals surface area contributed by atoms with Crippen molar-refractivity contribution in [1.82, 2.24) is 15.8 Å². The summed E-state index contributed by atoms with van der Waals surface area (Å²) >= 11 is 12.2. The first-order chi connectivity index (χ1) is 11.4. The number of rotatable bonds is 5. The van der Waals surface area contributed by atoms with Gasteiger partial charge >= 0.3 is 0 Å².